The van der Waals surface area contributed by atoms with Crippen LogP contribution in [-0.4, -0.2) is 17.3 Å². The molecule has 1 aliphatic rings. The standard InChI is InChI=1S/C12H16O2/c1-2-9-5-3-4-6-12(9)14-11-7-10(13)8-11/h3-6,10-11,13H,2,7-8H2,1H3. The maximum absolute atomic E-state index is 9.14. The second-order valence-corrected chi connectivity index (χ2v) is 3.83. The highest BCUT2D eigenvalue weighted by Crippen LogP contribution is 2.28. The van der Waals surface area contributed by atoms with Crippen molar-refractivity contribution >= 4 is 0 Å². The Morgan fingerprint density at radius 2 is 2.07 bits per heavy atom. The molecule has 1 saturated carbocycles. The lowest BCUT2D eigenvalue weighted by atomic mass is 9.92. The molecule has 14 heavy (non-hydrogen) atoms. The Kier molecular flexibility index (Phi) is 2.73. The molecular weight excluding hydrogens is 176 g/mol. The maximum atomic E-state index is 9.14. The van der Waals surface area contributed by atoms with Crippen LogP contribution in [0, 0.1) is 0 Å². The number of hydrogen-bond acceptors (Lipinski definition) is 2. The molecule has 2 nitrogen and oxygen atoms in total. The summed E-state index contributed by atoms with van der Waals surface area (Å²) in [5, 5.41) is 9.14. The molecule has 0 aromatic heterocycles. The fourth-order valence-corrected chi connectivity index (χ4v) is 1.72. The van der Waals surface area contributed by atoms with E-state index in [1.54, 1.807) is 0 Å². The predicted molar refractivity (Wildman–Crippen MR) is 55.5 cm³/mol. The highest BCUT2D eigenvalue weighted by molar-refractivity contribution is 5.33. The van der Waals surface area contributed by atoms with E-state index in [-0.39, 0.29) is 12.2 Å². The van der Waals surface area contributed by atoms with Crippen molar-refractivity contribution in [3.63, 3.8) is 0 Å². The van der Waals surface area contributed by atoms with Gasteiger partial charge in [-0.3, -0.25) is 0 Å². The van der Waals surface area contributed by atoms with Crippen LogP contribution in [0.15, 0.2) is 24.3 Å². The number of ether oxygens (including phenoxy) is 1. The SMILES string of the molecule is CCc1ccccc1OC1CC(O)C1. The molecule has 2 rings (SSSR count). The molecule has 0 radical (unpaired) electrons. The van der Waals surface area contributed by atoms with E-state index in [4.69, 9.17) is 9.84 Å². The third-order valence-electron chi connectivity index (χ3n) is 2.72. The summed E-state index contributed by atoms with van der Waals surface area (Å²) in [6.45, 7) is 2.12. The van der Waals surface area contributed by atoms with Crippen LogP contribution < -0.4 is 4.74 Å². The molecule has 1 N–H and O–H groups in total. The van der Waals surface area contributed by atoms with Crippen LogP contribution in [0.2, 0.25) is 0 Å². The molecule has 0 saturated heterocycles. The first-order valence-corrected chi connectivity index (χ1v) is 5.22. The van der Waals surface area contributed by atoms with E-state index in [0.717, 1.165) is 25.0 Å². The van der Waals surface area contributed by atoms with E-state index in [0.29, 0.717) is 0 Å². The van der Waals surface area contributed by atoms with Crippen LogP contribution in [-0.2, 0) is 6.42 Å². The minimum Gasteiger partial charge on any atom is -0.490 e. The number of rotatable bonds is 3. The Morgan fingerprint density at radius 1 is 1.36 bits per heavy atom. The molecule has 0 bridgehead atoms. The lowest BCUT2D eigenvalue weighted by molar-refractivity contribution is -0.0111. The molecule has 0 heterocycles. The minimum atomic E-state index is -0.145. The van der Waals surface area contributed by atoms with Gasteiger partial charge in [0.15, 0.2) is 0 Å². The van der Waals surface area contributed by atoms with Gasteiger partial charge in [-0.25, -0.2) is 0 Å². The van der Waals surface area contributed by atoms with Gasteiger partial charge in [0.2, 0.25) is 0 Å². The zero-order valence-electron chi connectivity index (χ0n) is 8.44. The fourth-order valence-electron chi connectivity index (χ4n) is 1.72. The molecule has 0 unspecified atom stereocenters. The summed E-state index contributed by atoms with van der Waals surface area (Å²) >= 11 is 0. The summed E-state index contributed by atoms with van der Waals surface area (Å²) < 4.78 is 5.78. The van der Waals surface area contributed by atoms with Gasteiger partial charge in [-0.2, -0.15) is 0 Å². The van der Waals surface area contributed by atoms with E-state index in [1.807, 2.05) is 18.2 Å². The fraction of sp³-hybridized carbons (Fsp3) is 0.500. The average Bonchev–Trinajstić information content (AvgIpc) is 2.16. The predicted octanol–water partition coefficient (Wildman–Crippen LogP) is 2.15. The number of benzene rings is 1. The van der Waals surface area contributed by atoms with Crippen molar-refractivity contribution in [1.29, 1.82) is 0 Å². The highest BCUT2D eigenvalue weighted by Gasteiger charge is 2.29. The van der Waals surface area contributed by atoms with Crippen molar-refractivity contribution in [2.24, 2.45) is 0 Å². The van der Waals surface area contributed by atoms with E-state index in [2.05, 4.69) is 13.0 Å². The third kappa shape index (κ3) is 1.90. The van der Waals surface area contributed by atoms with Crippen molar-refractivity contribution in [3.8, 4) is 5.75 Å². The molecule has 1 aliphatic carbocycles. The van der Waals surface area contributed by atoms with Crippen molar-refractivity contribution < 1.29 is 9.84 Å². The number of aryl methyl sites for hydroxylation is 1. The lowest BCUT2D eigenvalue weighted by Crippen LogP contribution is -2.37. The van der Waals surface area contributed by atoms with Crippen LogP contribution >= 0.6 is 0 Å². The van der Waals surface area contributed by atoms with Crippen LogP contribution in [0.5, 0.6) is 5.75 Å². The van der Waals surface area contributed by atoms with Gasteiger partial charge in [0.25, 0.3) is 0 Å². The zero-order valence-corrected chi connectivity index (χ0v) is 8.44. The van der Waals surface area contributed by atoms with Gasteiger partial charge in [0.05, 0.1) is 6.10 Å². The number of aliphatic hydroxyl groups is 1. The van der Waals surface area contributed by atoms with Crippen molar-refractivity contribution in [3.05, 3.63) is 29.8 Å². The molecular formula is C12H16O2. The van der Waals surface area contributed by atoms with Gasteiger partial charge in [-0.05, 0) is 18.1 Å². The smallest absolute Gasteiger partial charge is 0.122 e. The molecule has 0 spiro atoms. The summed E-state index contributed by atoms with van der Waals surface area (Å²) in [6, 6.07) is 8.11. The van der Waals surface area contributed by atoms with E-state index >= 15 is 0 Å². The monoisotopic (exact) mass is 192 g/mol. The van der Waals surface area contributed by atoms with Crippen LogP contribution in [0.1, 0.15) is 25.3 Å². The Bertz CT molecular complexity index is 303. The normalized spacial score (nSPS) is 25.6. The summed E-state index contributed by atoms with van der Waals surface area (Å²) in [7, 11) is 0. The molecule has 2 heteroatoms. The zero-order chi connectivity index (χ0) is 9.97. The van der Waals surface area contributed by atoms with Gasteiger partial charge >= 0.3 is 0 Å². The first kappa shape index (κ1) is 9.53. The summed E-state index contributed by atoms with van der Waals surface area (Å²) in [6.07, 6.45) is 2.62. The Hall–Kier alpha value is -1.02. The molecule has 1 fully saturated rings. The van der Waals surface area contributed by atoms with Crippen molar-refractivity contribution in [2.75, 3.05) is 0 Å². The summed E-state index contributed by atoms with van der Waals surface area (Å²) in [5.74, 6) is 0.979. The largest absolute Gasteiger partial charge is 0.490 e. The third-order valence-corrected chi connectivity index (χ3v) is 2.72. The highest BCUT2D eigenvalue weighted by atomic mass is 16.5. The molecule has 0 amide bonds. The van der Waals surface area contributed by atoms with E-state index in [9.17, 15) is 0 Å². The second-order valence-electron chi connectivity index (χ2n) is 3.83. The molecule has 76 valence electrons. The maximum Gasteiger partial charge on any atom is 0.122 e. The first-order chi connectivity index (χ1) is 6.79. The topological polar surface area (TPSA) is 29.5 Å². The quantitative estimate of drug-likeness (QED) is 0.795. The van der Waals surface area contributed by atoms with E-state index in [1.165, 1.54) is 5.56 Å². The van der Waals surface area contributed by atoms with Crippen LogP contribution in [0.4, 0.5) is 0 Å². The van der Waals surface area contributed by atoms with Crippen molar-refractivity contribution in [1.82, 2.24) is 0 Å². The van der Waals surface area contributed by atoms with Crippen molar-refractivity contribution in [2.45, 2.75) is 38.4 Å². The second kappa shape index (κ2) is 4.01. The number of aliphatic hydroxyl groups excluding tert-OH is 1. The van der Waals surface area contributed by atoms with Gasteiger partial charge in [0, 0.05) is 12.8 Å². The Balaban J connectivity index is 2.01. The van der Waals surface area contributed by atoms with Crippen LogP contribution in [0.3, 0.4) is 0 Å². The lowest BCUT2D eigenvalue weighted by Gasteiger charge is -2.32. The van der Waals surface area contributed by atoms with Gasteiger partial charge in [0.1, 0.15) is 11.9 Å². The van der Waals surface area contributed by atoms with Gasteiger partial charge in [-0.15, -0.1) is 0 Å². The molecule has 1 aromatic rings. The Morgan fingerprint density at radius 3 is 2.71 bits per heavy atom. The molecule has 0 atom stereocenters. The number of para-hydroxylation sites is 1. The molecule has 1 aromatic carbocycles. The van der Waals surface area contributed by atoms with E-state index < -0.39 is 0 Å². The summed E-state index contributed by atoms with van der Waals surface area (Å²) in [5.41, 5.74) is 1.24. The number of hydrogen-bond donors (Lipinski definition) is 1. The van der Waals surface area contributed by atoms with Crippen LogP contribution in [0.25, 0.3) is 0 Å². The van der Waals surface area contributed by atoms with Gasteiger partial charge in [-0.1, -0.05) is 25.1 Å². The van der Waals surface area contributed by atoms with Gasteiger partial charge < -0.3 is 9.84 Å². The Labute approximate surface area is 84.5 Å². The first-order valence-electron chi connectivity index (χ1n) is 5.22. The average molecular weight is 192 g/mol. The molecule has 0 aliphatic heterocycles. The minimum absolute atomic E-state index is 0.145. The summed E-state index contributed by atoms with van der Waals surface area (Å²) in [4.78, 5) is 0.